The van der Waals surface area contributed by atoms with Crippen LogP contribution < -0.4 is 15.4 Å². The number of aromatic nitrogens is 3. The number of rotatable bonds is 8. The summed E-state index contributed by atoms with van der Waals surface area (Å²) in [6, 6.07) is 7.70. The number of anilines is 3. The van der Waals surface area contributed by atoms with Crippen molar-refractivity contribution in [2.24, 2.45) is 0 Å². The number of benzene rings is 1. The van der Waals surface area contributed by atoms with Gasteiger partial charge in [0.2, 0.25) is 16.0 Å². The molecule has 2 aliphatic heterocycles. The van der Waals surface area contributed by atoms with Crippen LogP contribution in [0.25, 0.3) is 11.0 Å². The summed E-state index contributed by atoms with van der Waals surface area (Å²) in [5, 5.41) is 16.8. The summed E-state index contributed by atoms with van der Waals surface area (Å²) >= 11 is 0. The van der Waals surface area contributed by atoms with Gasteiger partial charge in [0.15, 0.2) is 0 Å². The predicted octanol–water partition coefficient (Wildman–Crippen LogP) is 3.03. The van der Waals surface area contributed by atoms with Gasteiger partial charge in [0.05, 0.1) is 41.9 Å². The number of nitrogens with zero attached hydrogens (tertiary/aromatic N) is 5. The fourth-order valence-corrected chi connectivity index (χ4v) is 7.11. The smallest absolute Gasteiger partial charge is 0.243 e. The fraction of sp³-hybridized carbons (Fsp3) is 0.519. The third-order valence-corrected chi connectivity index (χ3v) is 10.0. The van der Waals surface area contributed by atoms with Crippen LogP contribution in [0.15, 0.2) is 29.3 Å². The zero-order chi connectivity index (χ0) is 27.7. The summed E-state index contributed by atoms with van der Waals surface area (Å²) in [4.78, 5) is 14.9. The molecule has 1 aromatic carbocycles. The van der Waals surface area contributed by atoms with E-state index in [9.17, 15) is 13.7 Å². The first kappa shape index (κ1) is 26.8. The Labute approximate surface area is 233 Å². The molecular weight excluding hydrogens is 532 g/mol. The Morgan fingerprint density at radius 1 is 1.12 bits per heavy atom. The lowest BCUT2D eigenvalue weighted by Crippen LogP contribution is -2.50. The van der Waals surface area contributed by atoms with Gasteiger partial charge in [-0.15, -0.1) is 0 Å². The van der Waals surface area contributed by atoms with E-state index in [0.717, 1.165) is 58.4 Å². The predicted molar refractivity (Wildman–Crippen MR) is 150 cm³/mol. The molecule has 1 aliphatic carbocycles. The number of methoxy groups -OCH3 is 1. The maximum atomic E-state index is 13.5. The minimum Gasteiger partial charge on any atom is -0.495 e. The summed E-state index contributed by atoms with van der Waals surface area (Å²) in [6.07, 6.45) is 6.50. The van der Waals surface area contributed by atoms with E-state index in [1.807, 2.05) is 0 Å². The average molecular weight is 567 g/mol. The molecule has 6 rings (SSSR count). The van der Waals surface area contributed by atoms with Crippen LogP contribution >= 0.6 is 0 Å². The standard InChI is InChI=1S/C27H34N8O4S/c1-38-23-15-21(40(36,37)35-9-7-20(8-10-35)34-11-13-39-14-12-34)5-6-22(23)31-27-32-25-24(18(16-28)17-29-25)26(33-27)30-19-3-2-4-19/h5-6,15,17,19-20H,2-4,7-14H2,1H3,(H3,29,30,31,32,33). The topological polar surface area (TPSA) is 148 Å². The van der Waals surface area contributed by atoms with Crippen molar-refractivity contribution in [1.82, 2.24) is 24.2 Å². The van der Waals surface area contributed by atoms with E-state index in [4.69, 9.17) is 9.47 Å². The van der Waals surface area contributed by atoms with Crippen molar-refractivity contribution in [1.29, 1.82) is 5.26 Å². The summed E-state index contributed by atoms with van der Waals surface area (Å²) in [5.74, 6) is 1.26. The number of nitriles is 1. The highest BCUT2D eigenvalue weighted by Crippen LogP contribution is 2.34. The summed E-state index contributed by atoms with van der Waals surface area (Å²) < 4.78 is 39.6. The number of nitrogens with one attached hydrogen (secondary N) is 3. The first-order chi connectivity index (χ1) is 19.5. The molecule has 212 valence electrons. The van der Waals surface area contributed by atoms with Gasteiger partial charge in [-0.1, -0.05) is 0 Å². The minimum absolute atomic E-state index is 0.187. The van der Waals surface area contributed by atoms with Crippen LogP contribution in [0, 0.1) is 11.3 Å². The van der Waals surface area contributed by atoms with Crippen LogP contribution in [0.5, 0.6) is 5.75 Å². The largest absolute Gasteiger partial charge is 0.495 e. The molecule has 13 heteroatoms. The van der Waals surface area contributed by atoms with Crippen molar-refractivity contribution in [3.05, 3.63) is 30.0 Å². The molecular formula is C27H34N8O4S. The van der Waals surface area contributed by atoms with E-state index < -0.39 is 10.0 Å². The molecule has 0 radical (unpaired) electrons. The number of hydrogen-bond donors (Lipinski definition) is 3. The van der Waals surface area contributed by atoms with Crippen molar-refractivity contribution in [3.8, 4) is 11.8 Å². The SMILES string of the molecule is COc1cc(S(=O)(=O)N2CCC(N3CCOCC3)CC2)ccc1Nc1nc(NC2CCC2)c2c(C#N)c[nH]c2n1. The van der Waals surface area contributed by atoms with Crippen molar-refractivity contribution in [2.45, 2.75) is 49.1 Å². The maximum Gasteiger partial charge on any atom is 0.243 e. The van der Waals surface area contributed by atoms with Gasteiger partial charge in [0, 0.05) is 50.5 Å². The highest BCUT2D eigenvalue weighted by molar-refractivity contribution is 7.89. The van der Waals surface area contributed by atoms with Crippen molar-refractivity contribution < 1.29 is 17.9 Å². The van der Waals surface area contributed by atoms with Crippen LogP contribution in [-0.4, -0.2) is 91.2 Å². The number of sulfonamides is 1. The number of piperidine rings is 1. The lowest BCUT2D eigenvalue weighted by Gasteiger charge is -2.39. The van der Waals surface area contributed by atoms with E-state index >= 15 is 0 Å². The second-order valence-corrected chi connectivity index (χ2v) is 12.4. The molecule has 3 aromatic rings. The molecule has 0 unspecified atom stereocenters. The van der Waals surface area contributed by atoms with Gasteiger partial charge in [-0.05, 0) is 44.2 Å². The molecule has 0 atom stereocenters. The quantitative estimate of drug-likeness (QED) is 0.371. The van der Waals surface area contributed by atoms with Crippen LogP contribution in [-0.2, 0) is 14.8 Å². The van der Waals surface area contributed by atoms with E-state index in [0.29, 0.717) is 65.0 Å². The van der Waals surface area contributed by atoms with E-state index in [2.05, 4.69) is 36.6 Å². The molecule has 40 heavy (non-hydrogen) atoms. The van der Waals surface area contributed by atoms with E-state index in [1.54, 1.807) is 28.7 Å². The van der Waals surface area contributed by atoms with Crippen molar-refractivity contribution in [2.75, 3.05) is 57.1 Å². The Kier molecular flexibility index (Phi) is 7.50. The number of ether oxygens (including phenoxy) is 2. The monoisotopic (exact) mass is 566 g/mol. The third-order valence-electron chi connectivity index (χ3n) is 8.14. The van der Waals surface area contributed by atoms with Gasteiger partial charge in [-0.25, -0.2) is 8.42 Å². The summed E-state index contributed by atoms with van der Waals surface area (Å²) in [7, 11) is -2.18. The van der Waals surface area contributed by atoms with Gasteiger partial charge in [-0.2, -0.15) is 19.5 Å². The third kappa shape index (κ3) is 5.19. The molecule has 0 spiro atoms. The highest BCUT2D eigenvalue weighted by Gasteiger charge is 2.32. The molecule has 3 N–H and O–H groups in total. The zero-order valence-corrected chi connectivity index (χ0v) is 23.3. The van der Waals surface area contributed by atoms with Gasteiger partial charge in [-0.3, -0.25) is 4.90 Å². The lowest BCUT2D eigenvalue weighted by molar-refractivity contribution is 0.00610. The molecule has 3 fully saturated rings. The Morgan fingerprint density at radius 2 is 1.90 bits per heavy atom. The van der Waals surface area contributed by atoms with Crippen molar-refractivity contribution in [3.63, 3.8) is 0 Å². The molecule has 2 aromatic heterocycles. The van der Waals surface area contributed by atoms with Gasteiger partial charge in [0.25, 0.3) is 0 Å². The molecule has 0 amide bonds. The van der Waals surface area contributed by atoms with Gasteiger partial charge < -0.3 is 25.1 Å². The lowest BCUT2D eigenvalue weighted by atomic mass is 9.93. The fourth-order valence-electron chi connectivity index (χ4n) is 5.62. The molecule has 1 saturated carbocycles. The molecule has 2 saturated heterocycles. The van der Waals surface area contributed by atoms with Crippen LogP contribution in [0.3, 0.4) is 0 Å². The molecule has 0 bridgehead atoms. The number of fused-ring (bicyclic) bond motifs is 1. The summed E-state index contributed by atoms with van der Waals surface area (Å²) in [5.41, 5.74) is 1.55. The van der Waals surface area contributed by atoms with E-state index in [-0.39, 0.29) is 4.90 Å². The Hall–Kier alpha value is -3.44. The number of hydrogen-bond acceptors (Lipinski definition) is 10. The highest BCUT2D eigenvalue weighted by atomic mass is 32.2. The number of H-pyrrole nitrogens is 1. The van der Waals surface area contributed by atoms with Crippen LogP contribution in [0.2, 0.25) is 0 Å². The first-order valence-corrected chi connectivity index (χ1v) is 15.2. The number of morpholine rings is 1. The van der Waals surface area contributed by atoms with E-state index in [1.165, 1.54) is 7.11 Å². The maximum absolute atomic E-state index is 13.5. The summed E-state index contributed by atoms with van der Waals surface area (Å²) in [6.45, 7) is 4.25. The molecule has 4 heterocycles. The zero-order valence-electron chi connectivity index (χ0n) is 22.5. The van der Waals surface area contributed by atoms with Crippen LogP contribution in [0.1, 0.15) is 37.7 Å². The average Bonchev–Trinajstić information content (AvgIpc) is 3.39. The molecule has 3 aliphatic rings. The normalized spacial score (nSPS) is 19.7. The molecule has 12 nitrogen and oxygen atoms in total. The Morgan fingerprint density at radius 3 is 2.58 bits per heavy atom. The van der Waals surface area contributed by atoms with Gasteiger partial charge >= 0.3 is 0 Å². The first-order valence-electron chi connectivity index (χ1n) is 13.8. The Bertz CT molecular complexity index is 1520. The second-order valence-electron chi connectivity index (χ2n) is 10.5. The second kappa shape index (κ2) is 11.2. The number of aromatic amines is 1. The minimum atomic E-state index is -3.68. The van der Waals surface area contributed by atoms with Crippen LogP contribution in [0.4, 0.5) is 17.5 Å². The Balaban J connectivity index is 1.21. The van der Waals surface area contributed by atoms with Crippen molar-refractivity contribution >= 4 is 38.5 Å². The van der Waals surface area contributed by atoms with Gasteiger partial charge in [0.1, 0.15) is 23.3 Å².